The van der Waals surface area contributed by atoms with Gasteiger partial charge in [0.2, 0.25) is 5.91 Å². The molecule has 2 amide bonds. The van der Waals surface area contributed by atoms with Gasteiger partial charge in [0.15, 0.2) is 0 Å². The molecule has 0 saturated heterocycles. The van der Waals surface area contributed by atoms with E-state index in [2.05, 4.69) is 10.3 Å². The molecule has 3 aromatic carbocycles. The highest BCUT2D eigenvalue weighted by Gasteiger charge is 2.20. The summed E-state index contributed by atoms with van der Waals surface area (Å²) in [7, 11) is 0. The molecule has 0 unspecified atom stereocenters. The van der Waals surface area contributed by atoms with Gasteiger partial charge in [-0.05, 0) is 35.4 Å². The molecule has 0 fully saturated rings. The van der Waals surface area contributed by atoms with Crippen molar-refractivity contribution in [3.63, 3.8) is 0 Å². The van der Waals surface area contributed by atoms with Gasteiger partial charge in [0.25, 0.3) is 5.91 Å². The molecule has 3 N–H and O–H groups in total. The molecule has 160 valence electrons. The van der Waals surface area contributed by atoms with E-state index >= 15 is 0 Å². The van der Waals surface area contributed by atoms with E-state index in [1.165, 1.54) is 0 Å². The molecule has 0 spiro atoms. The fraction of sp³-hybridized carbons (Fsp3) is 0.115. The SMILES string of the molecule is NC(=O)[C@@H](Cc1cccc(OCc2ccccc2)c1)NC(=O)c1ccc2ccccc2n1. The van der Waals surface area contributed by atoms with E-state index in [0.717, 1.165) is 16.5 Å². The highest BCUT2D eigenvalue weighted by Crippen LogP contribution is 2.17. The number of rotatable bonds is 8. The topological polar surface area (TPSA) is 94.3 Å². The van der Waals surface area contributed by atoms with E-state index < -0.39 is 17.9 Å². The van der Waals surface area contributed by atoms with Gasteiger partial charge in [-0.25, -0.2) is 4.98 Å². The zero-order valence-corrected chi connectivity index (χ0v) is 17.4. The summed E-state index contributed by atoms with van der Waals surface area (Å²) in [6.45, 7) is 0.438. The first-order valence-corrected chi connectivity index (χ1v) is 10.3. The third kappa shape index (κ3) is 5.29. The molecule has 0 saturated carbocycles. The minimum atomic E-state index is -0.875. The summed E-state index contributed by atoms with van der Waals surface area (Å²) in [4.78, 5) is 29.1. The Morgan fingerprint density at radius 3 is 2.44 bits per heavy atom. The number of carbonyl (C=O) groups is 2. The minimum Gasteiger partial charge on any atom is -0.489 e. The number of nitrogens with two attached hydrogens (primary N) is 1. The van der Waals surface area contributed by atoms with Crippen molar-refractivity contribution in [2.24, 2.45) is 5.73 Å². The second kappa shape index (κ2) is 9.75. The molecule has 32 heavy (non-hydrogen) atoms. The van der Waals surface area contributed by atoms with Crippen molar-refractivity contribution in [2.45, 2.75) is 19.1 Å². The Hall–Kier alpha value is -4.19. The van der Waals surface area contributed by atoms with Crippen molar-refractivity contribution in [1.29, 1.82) is 0 Å². The van der Waals surface area contributed by atoms with Gasteiger partial charge >= 0.3 is 0 Å². The number of fused-ring (bicyclic) bond motifs is 1. The van der Waals surface area contributed by atoms with Crippen LogP contribution in [0.2, 0.25) is 0 Å². The van der Waals surface area contributed by atoms with Crippen molar-refractivity contribution in [2.75, 3.05) is 0 Å². The highest BCUT2D eigenvalue weighted by atomic mass is 16.5. The number of nitrogens with one attached hydrogen (secondary N) is 1. The maximum absolute atomic E-state index is 12.7. The molecular weight excluding hydrogens is 402 g/mol. The highest BCUT2D eigenvalue weighted by molar-refractivity contribution is 5.97. The van der Waals surface area contributed by atoms with Crippen LogP contribution < -0.4 is 15.8 Å². The summed E-state index contributed by atoms with van der Waals surface area (Å²) in [6, 6.07) is 27.4. The summed E-state index contributed by atoms with van der Waals surface area (Å²) in [6.07, 6.45) is 0.247. The van der Waals surface area contributed by atoms with Gasteiger partial charge in [-0.3, -0.25) is 9.59 Å². The average molecular weight is 425 g/mol. The fourth-order valence-corrected chi connectivity index (χ4v) is 3.39. The average Bonchev–Trinajstić information content (AvgIpc) is 2.83. The van der Waals surface area contributed by atoms with Gasteiger partial charge in [-0.2, -0.15) is 0 Å². The van der Waals surface area contributed by atoms with Crippen molar-refractivity contribution in [3.05, 3.63) is 108 Å². The molecule has 0 aliphatic carbocycles. The lowest BCUT2D eigenvalue weighted by molar-refractivity contribution is -0.119. The van der Waals surface area contributed by atoms with Gasteiger partial charge in [0.05, 0.1) is 5.52 Å². The number of hydrogen-bond donors (Lipinski definition) is 2. The van der Waals surface area contributed by atoms with Gasteiger partial charge in [0.1, 0.15) is 24.1 Å². The molecule has 1 atom stereocenters. The fourth-order valence-electron chi connectivity index (χ4n) is 3.39. The van der Waals surface area contributed by atoms with E-state index in [-0.39, 0.29) is 12.1 Å². The van der Waals surface area contributed by atoms with E-state index in [1.807, 2.05) is 84.9 Å². The lowest BCUT2D eigenvalue weighted by atomic mass is 10.0. The second-order valence-corrected chi connectivity index (χ2v) is 7.44. The molecular formula is C26H23N3O3. The molecule has 6 heteroatoms. The Kier molecular flexibility index (Phi) is 6.41. The van der Waals surface area contributed by atoms with Crippen LogP contribution in [0.3, 0.4) is 0 Å². The molecule has 4 aromatic rings. The number of carbonyl (C=O) groups excluding carboxylic acids is 2. The van der Waals surface area contributed by atoms with Crippen LogP contribution in [-0.2, 0) is 17.8 Å². The van der Waals surface area contributed by atoms with Gasteiger partial charge in [-0.15, -0.1) is 0 Å². The van der Waals surface area contributed by atoms with Crippen LogP contribution in [0.5, 0.6) is 5.75 Å². The Morgan fingerprint density at radius 2 is 1.62 bits per heavy atom. The van der Waals surface area contributed by atoms with Crippen LogP contribution in [0.4, 0.5) is 0 Å². The molecule has 1 aromatic heterocycles. The maximum atomic E-state index is 12.7. The Morgan fingerprint density at radius 1 is 0.875 bits per heavy atom. The smallest absolute Gasteiger partial charge is 0.270 e. The summed E-state index contributed by atoms with van der Waals surface area (Å²) in [5.41, 5.74) is 8.39. The van der Waals surface area contributed by atoms with Crippen molar-refractivity contribution >= 4 is 22.7 Å². The zero-order valence-electron chi connectivity index (χ0n) is 17.4. The predicted octanol–water partition coefficient (Wildman–Crippen LogP) is 3.64. The largest absolute Gasteiger partial charge is 0.489 e. The third-order valence-electron chi connectivity index (χ3n) is 5.07. The van der Waals surface area contributed by atoms with Gasteiger partial charge < -0.3 is 15.8 Å². The first-order chi connectivity index (χ1) is 15.6. The number of primary amides is 1. The maximum Gasteiger partial charge on any atom is 0.270 e. The third-order valence-corrected chi connectivity index (χ3v) is 5.07. The number of nitrogens with zero attached hydrogens (tertiary/aromatic N) is 1. The Balaban J connectivity index is 1.43. The molecule has 0 radical (unpaired) electrons. The van der Waals surface area contributed by atoms with Crippen LogP contribution in [-0.4, -0.2) is 22.8 Å². The van der Waals surface area contributed by atoms with E-state index in [4.69, 9.17) is 10.5 Å². The number of amides is 2. The molecule has 0 aliphatic rings. The molecule has 1 heterocycles. The monoisotopic (exact) mass is 425 g/mol. The number of para-hydroxylation sites is 1. The van der Waals surface area contributed by atoms with E-state index in [0.29, 0.717) is 17.9 Å². The lowest BCUT2D eigenvalue weighted by Gasteiger charge is -2.16. The van der Waals surface area contributed by atoms with Gasteiger partial charge in [0, 0.05) is 11.8 Å². The van der Waals surface area contributed by atoms with Gasteiger partial charge in [-0.1, -0.05) is 66.7 Å². The van der Waals surface area contributed by atoms with Crippen molar-refractivity contribution in [3.8, 4) is 5.75 Å². The first-order valence-electron chi connectivity index (χ1n) is 10.3. The Bertz CT molecular complexity index is 1240. The summed E-state index contributed by atoms with van der Waals surface area (Å²) < 4.78 is 5.85. The molecule has 0 aliphatic heterocycles. The lowest BCUT2D eigenvalue weighted by Crippen LogP contribution is -2.46. The molecule has 4 rings (SSSR count). The minimum absolute atomic E-state index is 0.231. The van der Waals surface area contributed by atoms with E-state index in [1.54, 1.807) is 6.07 Å². The van der Waals surface area contributed by atoms with Crippen LogP contribution in [0.25, 0.3) is 10.9 Å². The quantitative estimate of drug-likeness (QED) is 0.451. The number of benzene rings is 3. The first kappa shape index (κ1) is 21.1. The van der Waals surface area contributed by atoms with Crippen molar-refractivity contribution in [1.82, 2.24) is 10.3 Å². The normalized spacial score (nSPS) is 11.6. The van der Waals surface area contributed by atoms with E-state index in [9.17, 15) is 9.59 Å². The Labute approximate surface area is 186 Å². The number of ether oxygens (including phenoxy) is 1. The van der Waals surface area contributed by atoms with Crippen LogP contribution in [0, 0.1) is 0 Å². The molecule has 6 nitrogen and oxygen atoms in total. The van der Waals surface area contributed by atoms with Crippen LogP contribution >= 0.6 is 0 Å². The summed E-state index contributed by atoms with van der Waals surface area (Å²) in [5, 5.41) is 3.64. The standard InChI is InChI=1S/C26H23N3O3/c27-25(30)24(29-26(31)23-14-13-20-10-4-5-12-22(20)28-23)16-19-9-6-11-21(15-19)32-17-18-7-2-1-3-8-18/h1-15,24H,16-17H2,(H2,27,30)(H,29,31)/t24-/m1/s1. The number of pyridine rings is 1. The predicted molar refractivity (Wildman–Crippen MR) is 123 cm³/mol. The zero-order chi connectivity index (χ0) is 22.3. The second-order valence-electron chi connectivity index (χ2n) is 7.44. The van der Waals surface area contributed by atoms with Crippen LogP contribution in [0.1, 0.15) is 21.6 Å². The molecule has 0 bridgehead atoms. The number of hydrogen-bond acceptors (Lipinski definition) is 4. The van der Waals surface area contributed by atoms with Crippen molar-refractivity contribution < 1.29 is 14.3 Å². The van der Waals surface area contributed by atoms with Crippen LogP contribution in [0.15, 0.2) is 91.0 Å². The number of aromatic nitrogens is 1. The summed E-state index contributed by atoms with van der Waals surface area (Å²) in [5.74, 6) is -0.386. The summed E-state index contributed by atoms with van der Waals surface area (Å²) >= 11 is 0.